The topological polar surface area (TPSA) is 38.1 Å². The van der Waals surface area contributed by atoms with Crippen molar-refractivity contribution in [2.75, 3.05) is 13.6 Å². The highest BCUT2D eigenvalue weighted by molar-refractivity contribution is 5.31. The number of benzene rings is 1. The molecule has 3 nitrogen and oxygen atoms in total. The van der Waals surface area contributed by atoms with Crippen LogP contribution < -0.4 is 5.32 Å². The predicted molar refractivity (Wildman–Crippen MR) is 68.4 cm³/mol. The Morgan fingerprint density at radius 1 is 1.25 bits per heavy atom. The Balaban J connectivity index is 2.16. The minimum atomic E-state index is -4.36. The van der Waals surface area contributed by atoms with Crippen LogP contribution in [0.15, 0.2) is 34.9 Å². The Labute approximate surface area is 114 Å². The number of hydrogen-bond acceptors (Lipinski definition) is 3. The van der Waals surface area contributed by atoms with E-state index in [1.165, 1.54) is 12.1 Å². The number of alkyl halides is 3. The largest absolute Gasteiger partial charge is 0.445 e. The summed E-state index contributed by atoms with van der Waals surface area (Å²) in [5, 5.41) is 2.97. The predicted octanol–water partition coefficient (Wildman–Crippen LogP) is 3.05. The molecule has 2 aromatic rings. The smallest absolute Gasteiger partial charge is 0.416 e. The molecule has 0 amide bonds. The molecule has 0 saturated heterocycles. The monoisotopic (exact) mass is 284 g/mol. The molecule has 6 heteroatoms. The van der Waals surface area contributed by atoms with Gasteiger partial charge in [0, 0.05) is 19.4 Å². The van der Waals surface area contributed by atoms with Crippen molar-refractivity contribution in [3.05, 3.63) is 53.2 Å². The van der Waals surface area contributed by atoms with Crippen LogP contribution in [-0.4, -0.2) is 18.6 Å². The SMILES string of the molecule is CNCCc1cnc(Cc2ccccc2C(F)(F)F)o1. The molecule has 1 heterocycles. The molecule has 1 aromatic carbocycles. The standard InChI is InChI=1S/C14H15F3N2O/c1-18-7-6-11-9-19-13(20-11)8-10-4-2-3-5-12(10)14(15,16)17/h2-5,9,18H,6-8H2,1H3. The van der Waals surface area contributed by atoms with Gasteiger partial charge in [-0.15, -0.1) is 0 Å². The number of aromatic nitrogens is 1. The van der Waals surface area contributed by atoms with Gasteiger partial charge in [-0.3, -0.25) is 0 Å². The Morgan fingerprint density at radius 3 is 2.70 bits per heavy atom. The lowest BCUT2D eigenvalue weighted by Gasteiger charge is -2.11. The summed E-state index contributed by atoms with van der Waals surface area (Å²) in [5.41, 5.74) is -0.475. The average molecular weight is 284 g/mol. The van der Waals surface area contributed by atoms with Crippen molar-refractivity contribution in [1.29, 1.82) is 0 Å². The van der Waals surface area contributed by atoms with E-state index in [-0.39, 0.29) is 12.0 Å². The summed E-state index contributed by atoms with van der Waals surface area (Å²) in [6, 6.07) is 5.47. The zero-order chi connectivity index (χ0) is 14.6. The summed E-state index contributed by atoms with van der Waals surface area (Å²) in [7, 11) is 1.82. The summed E-state index contributed by atoms with van der Waals surface area (Å²) in [6.07, 6.45) is -2.11. The Morgan fingerprint density at radius 2 is 2.00 bits per heavy atom. The summed E-state index contributed by atoms with van der Waals surface area (Å²) in [5.74, 6) is 0.964. The number of nitrogens with zero attached hydrogens (tertiary/aromatic N) is 1. The molecule has 20 heavy (non-hydrogen) atoms. The van der Waals surface area contributed by atoms with Gasteiger partial charge in [-0.2, -0.15) is 13.2 Å². The van der Waals surface area contributed by atoms with Crippen molar-refractivity contribution < 1.29 is 17.6 Å². The van der Waals surface area contributed by atoms with Crippen LogP contribution in [0.4, 0.5) is 13.2 Å². The third-order valence-electron chi connectivity index (χ3n) is 2.89. The van der Waals surface area contributed by atoms with Crippen molar-refractivity contribution in [2.45, 2.75) is 19.0 Å². The van der Waals surface area contributed by atoms with Gasteiger partial charge in [-0.05, 0) is 18.7 Å². The van der Waals surface area contributed by atoms with E-state index < -0.39 is 11.7 Å². The molecule has 0 saturated carbocycles. The van der Waals surface area contributed by atoms with Crippen molar-refractivity contribution in [3.8, 4) is 0 Å². The van der Waals surface area contributed by atoms with Crippen LogP contribution >= 0.6 is 0 Å². The molecular formula is C14H15F3N2O. The van der Waals surface area contributed by atoms with Crippen molar-refractivity contribution in [1.82, 2.24) is 10.3 Å². The number of likely N-dealkylation sites (N-methyl/N-ethyl adjacent to an activating group) is 1. The number of rotatable bonds is 5. The molecule has 0 aliphatic heterocycles. The van der Waals surface area contributed by atoms with E-state index in [2.05, 4.69) is 10.3 Å². The third-order valence-corrected chi connectivity index (χ3v) is 2.89. The van der Waals surface area contributed by atoms with E-state index in [1.807, 2.05) is 7.05 Å². The zero-order valence-electron chi connectivity index (χ0n) is 11.0. The summed E-state index contributed by atoms with van der Waals surface area (Å²) in [4.78, 5) is 4.03. The fourth-order valence-corrected chi connectivity index (χ4v) is 1.91. The van der Waals surface area contributed by atoms with E-state index in [0.29, 0.717) is 18.1 Å². The highest BCUT2D eigenvalue weighted by atomic mass is 19.4. The van der Waals surface area contributed by atoms with E-state index in [4.69, 9.17) is 4.42 Å². The lowest BCUT2D eigenvalue weighted by Crippen LogP contribution is -2.10. The maximum Gasteiger partial charge on any atom is 0.416 e. The fourth-order valence-electron chi connectivity index (χ4n) is 1.91. The second-order valence-electron chi connectivity index (χ2n) is 4.41. The maximum absolute atomic E-state index is 12.9. The molecule has 1 N–H and O–H groups in total. The number of hydrogen-bond donors (Lipinski definition) is 1. The van der Waals surface area contributed by atoms with Crippen LogP contribution in [0.3, 0.4) is 0 Å². The third kappa shape index (κ3) is 3.60. The van der Waals surface area contributed by atoms with Gasteiger partial charge in [-0.25, -0.2) is 4.98 Å². The average Bonchev–Trinajstić information content (AvgIpc) is 2.83. The zero-order valence-corrected chi connectivity index (χ0v) is 11.0. The van der Waals surface area contributed by atoms with Gasteiger partial charge in [0.05, 0.1) is 11.8 Å². The molecule has 0 aliphatic carbocycles. The van der Waals surface area contributed by atoms with Crippen LogP contribution in [0.2, 0.25) is 0 Å². The van der Waals surface area contributed by atoms with Crippen LogP contribution in [0.1, 0.15) is 22.8 Å². The highest BCUT2D eigenvalue weighted by Crippen LogP contribution is 2.32. The minimum Gasteiger partial charge on any atom is -0.445 e. The molecule has 0 bridgehead atoms. The summed E-state index contributed by atoms with van der Waals surface area (Å²) >= 11 is 0. The molecule has 2 rings (SSSR count). The molecule has 0 unspecified atom stereocenters. The molecule has 0 fully saturated rings. The van der Waals surface area contributed by atoms with Gasteiger partial charge in [-0.1, -0.05) is 18.2 Å². The first-order chi connectivity index (χ1) is 9.50. The van der Waals surface area contributed by atoms with E-state index >= 15 is 0 Å². The van der Waals surface area contributed by atoms with Gasteiger partial charge in [0.15, 0.2) is 5.89 Å². The quantitative estimate of drug-likeness (QED) is 0.917. The Hall–Kier alpha value is -1.82. The second-order valence-corrected chi connectivity index (χ2v) is 4.41. The molecular weight excluding hydrogens is 269 g/mol. The van der Waals surface area contributed by atoms with Crippen molar-refractivity contribution in [2.24, 2.45) is 0 Å². The van der Waals surface area contributed by atoms with E-state index in [9.17, 15) is 13.2 Å². The van der Waals surface area contributed by atoms with Gasteiger partial charge < -0.3 is 9.73 Å². The molecule has 0 aliphatic rings. The number of oxazole rings is 1. The first kappa shape index (κ1) is 14.6. The van der Waals surface area contributed by atoms with Crippen LogP contribution in [0.5, 0.6) is 0 Å². The van der Waals surface area contributed by atoms with Crippen molar-refractivity contribution >= 4 is 0 Å². The first-order valence-corrected chi connectivity index (χ1v) is 6.24. The Bertz CT molecular complexity index is 564. The Kier molecular flexibility index (Phi) is 4.44. The number of nitrogens with one attached hydrogen (secondary N) is 1. The molecule has 0 radical (unpaired) electrons. The lowest BCUT2D eigenvalue weighted by atomic mass is 10.0. The summed E-state index contributed by atoms with van der Waals surface area (Å²) in [6.45, 7) is 0.730. The number of halogens is 3. The first-order valence-electron chi connectivity index (χ1n) is 6.24. The highest BCUT2D eigenvalue weighted by Gasteiger charge is 2.33. The normalized spacial score (nSPS) is 11.8. The molecule has 1 aromatic heterocycles. The summed E-state index contributed by atoms with van der Waals surface area (Å²) < 4.78 is 44.0. The van der Waals surface area contributed by atoms with Crippen LogP contribution in [-0.2, 0) is 19.0 Å². The minimum absolute atomic E-state index is 0.0369. The molecule has 108 valence electrons. The van der Waals surface area contributed by atoms with E-state index in [1.54, 1.807) is 12.3 Å². The van der Waals surface area contributed by atoms with Gasteiger partial charge in [0.1, 0.15) is 5.76 Å². The fraction of sp³-hybridized carbons (Fsp3) is 0.357. The van der Waals surface area contributed by atoms with Gasteiger partial charge >= 0.3 is 6.18 Å². The van der Waals surface area contributed by atoms with Crippen LogP contribution in [0.25, 0.3) is 0 Å². The van der Waals surface area contributed by atoms with E-state index in [0.717, 1.165) is 12.6 Å². The van der Waals surface area contributed by atoms with Crippen LogP contribution in [0, 0.1) is 0 Å². The van der Waals surface area contributed by atoms with Crippen molar-refractivity contribution in [3.63, 3.8) is 0 Å². The van der Waals surface area contributed by atoms with Gasteiger partial charge in [0.25, 0.3) is 0 Å². The maximum atomic E-state index is 12.9. The van der Waals surface area contributed by atoms with Gasteiger partial charge in [0.2, 0.25) is 0 Å². The lowest BCUT2D eigenvalue weighted by molar-refractivity contribution is -0.138. The molecule has 0 spiro atoms. The molecule has 0 atom stereocenters. The second kappa shape index (κ2) is 6.09.